The van der Waals surface area contributed by atoms with Gasteiger partial charge in [-0.25, -0.2) is 9.59 Å². The Labute approximate surface area is 209 Å². The molecule has 7 heteroatoms. The van der Waals surface area contributed by atoms with E-state index in [9.17, 15) is 19.8 Å². The molecule has 1 aromatic heterocycles. The lowest BCUT2D eigenvalue weighted by molar-refractivity contribution is 0.0695. The fraction of sp³-hybridized carbons (Fsp3) is 0.207. The molecule has 0 saturated heterocycles. The molecule has 0 atom stereocenters. The molecular formula is C29H28N2O5. The molecule has 0 amide bonds. The van der Waals surface area contributed by atoms with Crippen LogP contribution in [0.1, 0.15) is 54.2 Å². The highest BCUT2D eigenvalue weighted by atomic mass is 16.5. The van der Waals surface area contributed by atoms with Gasteiger partial charge in [-0.15, -0.1) is 0 Å². The number of aromatic nitrogens is 2. The van der Waals surface area contributed by atoms with E-state index in [-0.39, 0.29) is 11.1 Å². The summed E-state index contributed by atoms with van der Waals surface area (Å²) in [5.41, 5.74) is 7.42. The number of ether oxygens (including phenoxy) is 1. The predicted octanol–water partition coefficient (Wildman–Crippen LogP) is 5.58. The van der Waals surface area contributed by atoms with Gasteiger partial charge in [0.15, 0.2) is 0 Å². The summed E-state index contributed by atoms with van der Waals surface area (Å²) in [5, 5.41) is 23.4. The van der Waals surface area contributed by atoms with Gasteiger partial charge in [-0.05, 0) is 91.4 Å². The summed E-state index contributed by atoms with van der Waals surface area (Å²) in [7, 11) is 1.92. The number of benzene rings is 3. The highest BCUT2D eigenvalue weighted by molar-refractivity contribution is 5.95. The third-order valence-corrected chi connectivity index (χ3v) is 6.43. The van der Waals surface area contributed by atoms with Crippen LogP contribution < -0.4 is 4.74 Å². The van der Waals surface area contributed by atoms with Crippen molar-refractivity contribution < 1.29 is 24.5 Å². The summed E-state index contributed by atoms with van der Waals surface area (Å²) < 4.78 is 8.06. The minimum atomic E-state index is -1.16. The van der Waals surface area contributed by atoms with Crippen molar-refractivity contribution in [1.82, 2.24) is 9.78 Å². The van der Waals surface area contributed by atoms with Gasteiger partial charge in [0.05, 0.1) is 16.8 Å². The van der Waals surface area contributed by atoms with Gasteiger partial charge < -0.3 is 14.9 Å². The maximum absolute atomic E-state index is 11.8. The van der Waals surface area contributed by atoms with E-state index in [0.29, 0.717) is 18.6 Å². The van der Waals surface area contributed by atoms with Crippen molar-refractivity contribution >= 4 is 11.9 Å². The van der Waals surface area contributed by atoms with E-state index in [2.05, 4.69) is 11.2 Å². The molecule has 2 N–H and O–H groups in total. The Morgan fingerprint density at radius 2 is 1.67 bits per heavy atom. The molecule has 1 heterocycles. The number of aromatic carboxylic acids is 2. The van der Waals surface area contributed by atoms with Gasteiger partial charge in [0.25, 0.3) is 0 Å². The van der Waals surface area contributed by atoms with Crippen LogP contribution in [0, 0.1) is 20.8 Å². The van der Waals surface area contributed by atoms with Crippen LogP contribution in [-0.4, -0.2) is 31.9 Å². The van der Waals surface area contributed by atoms with E-state index in [1.165, 1.54) is 12.1 Å². The van der Waals surface area contributed by atoms with E-state index in [1.807, 2.05) is 68.9 Å². The van der Waals surface area contributed by atoms with Crippen LogP contribution in [0.4, 0.5) is 0 Å². The molecule has 4 aromatic rings. The van der Waals surface area contributed by atoms with Crippen LogP contribution in [0.25, 0.3) is 11.3 Å². The summed E-state index contributed by atoms with van der Waals surface area (Å²) in [6, 6.07) is 18.1. The first-order chi connectivity index (χ1) is 17.1. The maximum atomic E-state index is 11.8. The van der Waals surface area contributed by atoms with Crippen LogP contribution in [0.2, 0.25) is 0 Å². The Morgan fingerprint density at radius 3 is 2.31 bits per heavy atom. The van der Waals surface area contributed by atoms with Crippen molar-refractivity contribution in [2.24, 2.45) is 7.05 Å². The Kier molecular flexibility index (Phi) is 6.92. The van der Waals surface area contributed by atoms with Gasteiger partial charge in [-0.2, -0.15) is 5.10 Å². The molecule has 0 unspecified atom stereocenters. The van der Waals surface area contributed by atoms with Crippen LogP contribution in [0.3, 0.4) is 0 Å². The van der Waals surface area contributed by atoms with Gasteiger partial charge >= 0.3 is 11.9 Å². The number of hydrogen-bond donors (Lipinski definition) is 2. The van der Waals surface area contributed by atoms with Crippen LogP contribution in [0.5, 0.6) is 5.75 Å². The second-order valence-electron chi connectivity index (χ2n) is 8.94. The standard InChI is InChI=1S/C29H28N2O5/c1-17-6-5-7-20(14-21-8-9-23(28(32)33)15-24(21)29(34)35)25(17)16-36-27-11-10-22(12-18(27)2)26-13-19(3)31(4)30-26/h5-13,15H,14,16H2,1-4H3,(H,32,33)(H,34,35). The Bertz CT molecular complexity index is 1450. The zero-order valence-corrected chi connectivity index (χ0v) is 20.7. The van der Waals surface area contributed by atoms with Crippen LogP contribution >= 0.6 is 0 Å². The van der Waals surface area contributed by atoms with Crippen molar-refractivity contribution in [3.05, 3.63) is 105 Å². The number of carbonyl (C=O) groups is 2. The lowest BCUT2D eigenvalue weighted by Crippen LogP contribution is -2.09. The van der Waals surface area contributed by atoms with Gasteiger partial charge in [0.2, 0.25) is 0 Å². The third-order valence-electron chi connectivity index (χ3n) is 6.43. The first-order valence-electron chi connectivity index (χ1n) is 11.6. The highest BCUT2D eigenvalue weighted by Crippen LogP contribution is 2.28. The molecule has 0 spiro atoms. The topological polar surface area (TPSA) is 102 Å². The van der Waals surface area contributed by atoms with Crippen LogP contribution in [-0.2, 0) is 20.1 Å². The van der Waals surface area contributed by atoms with Gasteiger partial charge in [-0.3, -0.25) is 4.68 Å². The molecule has 0 aliphatic rings. The number of hydrogen-bond acceptors (Lipinski definition) is 4. The van der Waals surface area contributed by atoms with Crippen molar-refractivity contribution in [2.45, 2.75) is 33.8 Å². The molecule has 0 radical (unpaired) electrons. The summed E-state index contributed by atoms with van der Waals surface area (Å²) in [5.74, 6) is -1.55. The van der Waals surface area contributed by atoms with Crippen LogP contribution in [0.15, 0.2) is 60.7 Å². The molecule has 0 fully saturated rings. The number of rotatable bonds is 8. The smallest absolute Gasteiger partial charge is 0.336 e. The molecule has 3 aromatic carbocycles. The Hall–Kier alpha value is -4.39. The third kappa shape index (κ3) is 5.15. The van der Waals surface area contributed by atoms with Crippen molar-refractivity contribution in [1.29, 1.82) is 0 Å². The molecule has 7 nitrogen and oxygen atoms in total. The Morgan fingerprint density at radius 1 is 0.889 bits per heavy atom. The molecule has 0 aliphatic carbocycles. The second-order valence-corrected chi connectivity index (χ2v) is 8.94. The quantitative estimate of drug-likeness (QED) is 0.339. The molecule has 0 bridgehead atoms. The number of carboxylic acid groups (broad SMARTS) is 2. The molecule has 0 aliphatic heterocycles. The monoisotopic (exact) mass is 484 g/mol. The summed E-state index contributed by atoms with van der Waals surface area (Å²) in [6.07, 6.45) is 0.346. The predicted molar refractivity (Wildman–Crippen MR) is 137 cm³/mol. The highest BCUT2D eigenvalue weighted by Gasteiger charge is 2.17. The molecule has 36 heavy (non-hydrogen) atoms. The van der Waals surface area contributed by atoms with Crippen molar-refractivity contribution in [3.8, 4) is 17.0 Å². The largest absolute Gasteiger partial charge is 0.489 e. The number of aryl methyl sites for hydroxylation is 4. The van der Waals surface area contributed by atoms with E-state index in [1.54, 1.807) is 6.07 Å². The first-order valence-corrected chi connectivity index (χ1v) is 11.6. The summed E-state index contributed by atoms with van der Waals surface area (Å²) in [4.78, 5) is 23.1. The summed E-state index contributed by atoms with van der Waals surface area (Å²) >= 11 is 0. The van der Waals surface area contributed by atoms with E-state index >= 15 is 0 Å². The Balaban J connectivity index is 1.58. The van der Waals surface area contributed by atoms with Crippen molar-refractivity contribution in [2.75, 3.05) is 0 Å². The average molecular weight is 485 g/mol. The number of nitrogens with zero attached hydrogens (tertiary/aromatic N) is 2. The lowest BCUT2D eigenvalue weighted by atomic mass is 9.93. The zero-order valence-electron chi connectivity index (χ0n) is 20.7. The molecule has 4 rings (SSSR count). The minimum Gasteiger partial charge on any atom is -0.489 e. The van der Waals surface area contributed by atoms with Gasteiger partial charge in [-0.1, -0.05) is 24.3 Å². The van der Waals surface area contributed by atoms with E-state index in [4.69, 9.17) is 4.74 Å². The maximum Gasteiger partial charge on any atom is 0.336 e. The molecule has 0 saturated carbocycles. The normalized spacial score (nSPS) is 10.9. The minimum absolute atomic E-state index is 0.0144. The first kappa shape index (κ1) is 24.7. The van der Waals surface area contributed by atoms with E-state index in [0.717, 1.165) is 45.0 Å². The zero-order chi connectivity index (χ0) is 26.0. The fourth-order valence-corrected chi connectivity index (χ4v) is 4.23. The molecular weight excluding hydrogens is 456 g/mol. The second kappa shape index (κ2) is 10.1. The number of carboxylic acids is 2. The lowest BCUT2D eigenvalue weighted by Gasteiger charge is -2.16. The summed E-state index contributed by atoms with van der Waals surface area (Å²) in [6.45, 7) is 6.32. The van der Waals surface area contributed by atoms with Crippen molar-refractivity contribution in [3.63, 3.8) is 0 Å². The van der Waals surface area contributed by atoms with E-state index < -0.39 is 11.9 Å². The SMILES string of the molecule is Cc1cc(-c2cc(C)n(C)n2)ccc1OCc1c(C)cccc1Cc1ccc(C(=O)O)cc1C(=O)O. The fourth-order valence-electron chi connectivity index (χ4n) is 4.23. The van der Waals surface area contributed by atoms with Gasteiger partial charge in [0, 0.05) is 18.3 Å². The average Bonchev–Trinajstić information content (AvgIpc) is 3.17. The van der Waals surface area contributed by atoms with Gasteiger partial charge in [0.1, 0.15) is 12.4 Å². The molecule has 184 valence electrons.